The summed E-state index contributed by atoms with van der Waals surface area (Å²) in [6, 6.07) is 0. The Morgan fingerprint density at radius 2 is 2.47 bits per heavy atom. The third-order valence-corrected chi connectivity index (χ3v) is 3.54. The summed E-state index contributed by atoms with van der Waals surface area (Å²) in [6.07, 6.45) is 4.69. The van der Waals surface area contributed by atoms with E-state index in [1.54, 1.807) is 6.33 Å². The summed E-state index contributed by atoms with van der Waals surface area (Å²) in [4.78, 5) is 6.61. The van der Waals surface area contributed by atoms with E-state index < -0.39 is 0 Å². The van der Waals surface area contributed by atoms with Crippen LogP contribution in [0, 0.1) is 5.92 Å². The van der Waals surface area contributed by atoms with Gasteiger partial charge in [0, 0.05) is 19.0 Å². The van der Waals surface area contributed by atoms with Gasteiger partial charge in [0.05, 0.1) is 6.54 Å². The molecule has 19 heavy (non-hydrogen) atoms. The lowest BCUT2D eigenvalue weighted by atomic mass is 9.97. The van der Waals surface area contributed by atoms with E-state index in [1.807, 2.05) is 4.68 Å². The zero-order chi connectivity index (χ0) is 13.7. The average Bonchev–Trinajstić information content (AvgIpc) is 2.86. The van der Waals surface area contributed by atoms with Crippen LogP contribution in [0.5, 0.6) is 0 Å². The largest absolute Gasteiger partial charge is 0.409 e. The molecule has 1 atom stereocenters. The van der Waals surface area contributed by atoms with Crippen molar-refractivity contribution in [2.45, 2.75) is 39.3 Å². The minimum Gasteiger partial charge on any atom is -0.409 e. The van der Waals surface area contributed by atoms with Gasteiger partial charge < -0.3 is 10.9 Å². The van der Waals surface area contributed by atoms with E-state index in [-0.39, 0.29) is 5.92 Å². The van der Waals surface area contributed by atoms with E-state index >= 15 is 0 Å². The summed E-state index contributed by atoms with van der Waals surface area (Å²) in [7, 11) is 0. The SMILES string of the molecule is CCCn1ncnc1CN1CCCC(C(N)=NO)C1. The topological polar surface area (TPSA) is 92.6 Å². The second kappa shape index (κ2) is 6.51. The molecule has 0 saturated carbocycles. The molecular weight excluding hydrogens is 244 g/mol. The number of piperidine rings is 1. The van der Waals surface area contributed by atoms with Crippen molar-refractivity contribution < 1.29 is 5.21 Å². The first-order valence-electron chi connectivity index (χ1n) is 6.81. The van der Waals surface area contributed by atoms with E-state index in [1.165, 1.54) is 0 Å². The first kappa shape index (κ1) is 13.8. The number of oxime groups is 1. The summed E-state index contributed by atoms with van der Waals surface area (Å²) in [5.74, 6) is 1.46. The van der Waals surface area contributed by atoms with E-state index in [9.17, 15) is 0 Å². The van der Waals surface area contributed by atoms with Crippen molar-refractivity contribution in [3.8, 4) is 0 Å². The minimum absolute atomic E-state index is 0.140. The van der Waals surface area contributed by atoms with Crippen LogP contribution in [0.2, 0.25) is 0 Å². The highest BCUT2D eigenvalue weighted by atomic mass is 16.4. The predicted octanol–water partition coefficient (Wildman–Crippen LogP) is 0.647. The first-order chi connectivity index (χ1) is 9.24. The molecule has 1 unspecified atom stereocenters. The van der Waals surface area contributed by atoms with Crippen LogP contribution in [0.4, 0.5) is 0 Å². The molecule has 7 heteroatoms. The maximum atomic E-state index is 8.76. The molecule has 1 aromatic rings. The third kappa shape index (κ3) is 3.44. The molecule has 0 spiro atoms. The van der Waals surface area contributed by atoms with Crippen LogP contribution < -0.4 is 5.73 Å². The number of nitrogens with zero attached hydrogens (tertiary/aromatic N) is 5. The van der Waals surface area contributed by atoms with Crippen molar-refractivity contribution in [3.63, 3.8) is 0 Å². The van der Waals surface area contributed by atoms with Gasteiger partial charge >= 0.3 is 0 Å². The van der Waals surface area contributed by atoms with E-state index in [0.29, 0.717) is 5.84 Å². The molecule has 7 nitrogen and oxygen atoms in total. The quantitative estimate of drug-likeness (QED) is 0.353. The predicted molar refractivity (Wildman–Crippen MR) is 71.7 cm³/mol. The summed E-state index contributed by atoms with van der Waals surface area (Å²) < 4.78 is 1.95. The van der Waals surface area contributed by atoms with E-state index in [0.717, 1.165) is 51.3 Å². The van der Waals surface area contributed by atoms with Crippen molar-refractivity contribution in [3.05, 3.63) is 12.2 Å². The van der Waals surface area contributed by atoms with Crippen molar-refractivity contribution in [1.82, 2.24) is 19.7 Å². The van der Waals surface area contributed by atoms with Crippen LogP contribution in [0.3, 0.4) is 0 Å². The van der Waals surface area contributed by atoms with Crippen molar-refractivity contribution in [1.29, 1.82) is 0 Å². The molecule has 1 fully saturated rings. The maximum absolute atomic E-state index is 8.76. The van der Waals surface area contributed by atoms with Gasteiger partial charge in [0.1, 0.15) is 18.0 Å². The molecule has 1 aromatic heterocycles. The molecule has 1 saturated heterocycles. The van der Waals surface area contributed by atoms with Gasteiger partial charge in [-0.15, -0.1) is 0 Å². The van der Waals surface area contributed by atoms with Crippen LogP contribution in [0.25, 0.3) is 0 Å². The summed E-state index contributed by atoms with van der Waals surface area (Å²) in [5.41, 5.74) is 5.70. The lowest BCUT2D eigenvalue weighted by molar-refractivity contribution is 0.185. The lowest BCUT2D eigenvalue weighted by Gasteiger charge is -2.31. The van der Waals surface area contributed by atoms with Gasteiger partial charge in [0.15, 0.2) is 0 Å². The number of hydrogen-bond donors (Lipinski definition) is 2. The maximum Gasteiger partial charge on any atom is 0.143 e. The molecule has 0 aromatic carbocycles. The number of nitrogens with two attached hydrogens (primary N) is 1. The van der Waals surface area contributed by atoms with Gasteiger partial charge in [-0.3, -0.25) is 4.90 Å². The van der Waals surface area contributed by atoms with Crippen LogP contribution in [-0.4, -0.2) is 43.8 Å². The molecule has 0 radical (unpaired) electrons. The van der Waals surface area contributed by atoms with Gasteiger partial charge in [-0.05, 0) is 25.8 Å². The van der Waals surface area contributed by atoms with Crippen molar-refractivity contribution in [2.75, 3.05) is 13.1 Å². The normalized spacial score (nSPS) is 21.7. The average molecular weight is 266 g/mol. The molecule has 0 amide bonds. The van der Waals surface area contributed by atoms with Crippen molar-refractivity contribution in [2.24, 2.45) is 16.8 Å². The lowest BCUT2D eigenvalue weighted by Crippen LogP contribution is -2.41. The van der Waals surface area contributed by atoms with Gasteiger partial charge in [-0.2, -0.15) is 5.10 Å². The summed E-state index contributed by atoms with van der Waals surface area (Å²) in [5, 5.41) is 16.1. The Balaban J connectivity index is 1.96. The zero-order valence-corrected chi connectivity index (χ0v) is 11.4. The first-order valence-corrected chi connectivity index (χ1v) is 6.81. The highest BCUT2D eigenvalue weighted by molar-refractivity contribution is 5.82. The van der Waals surface area contributed by atoms with Gasteiger partial charge in [-0.1, -0.05) is 12.1 Å². The zero-order valence-electron chi connectivity index (χ0n) is 11.4. The molecule has 2 heterocycles. The number of amidine groups is 1. The molecular formula is C12H22N6O. The smallest absolute Gasteiger partial charge is 0.143 e. The summed E-state index contributed by atoms with van der Waals surface area (Å²) in [6.45, 7) is 5.63. The third-order valence-electron chi connectivity index (χ3n) is 3.54. The Labute approximate surface area is 113 Å². The fourth-order valence-corrected chi connectivity index (χ4v) is 2.53. The number of hydrogen-bond acceptors (Lipinski definition) is 5. The highest BCUT2D eigenvalue weighted by Crippen LogP contribution is 2.18. The Hall–Kier alpha value is -1.63. The Morgan fingerprint density at radius 3 is 3.21 bits per heavy atom. The van der Waals surface area contributed by atoms with Crippen LogP contribution in [0.1, 0.15) is 32.0 Å². The number of rotatable bonds is 5. The number of aromatic nitrogens is 3. The Bertz CT molecular complexity index is 430. The molecule has 0 aliphatic carbocycles. The van der Waals surface area contributed by atoms with E-state index in [2.05, 4.69) is 27.1 Å². The molecule has 106 valence electrons. The minimum atomic E-state index is 0.140. The Kier molecular flexibility index (Phi) is 4.73. The standard InChI is InChI=1S/C12H22N6O/c1-2-5-18-11(14-9-15-18)8-17-6-3-4-10(7-17)12(13)16-19/h9-10,19H,2-8H2,1H3,(H2,13,16). The molecule has 2 rings (SSSR count). The molecule has 1 aliphatic heterocycles. The highest BCUT2D eigenvalue weighted by Gasteiger charge is 2.24. The van der Waals surface area contributed by atoms with Crippen LogP contribution >= 0.6 is 0 Å². The van der Waals surface area contributed by atoms with Crippen LogP contribution in [0.15, 0.2) is 11.5 Å². The Morgan fingerprint density at radius 1 is 1.63 bits per heavy atom. The van der Waals surface area contributed by atoms with Gasteiger partial charge in [0.2, 0.25) is 0 Å². The second-order valence-corrected chi connectivity index (χ2v) is 5.00. The fraction of sp³-hybridized carbons (Fsp3) is 0.750. The second-order valence-electron chi connectivity index (χ2n) is 5.00. The molecule has 0 bridgehead atoms. The van der Waals surface area contributed by atoms with Gasteiger partial charge in [0.25, 0.3) is 0 Å². The van der Waals surface area contributed by atoms with Crippen LogP contribution in [-0.2, 0) is 13.1 Å². The number of aryl methyl sites for hydroxylation is 1. The van der Waals surface area contributed by atoms with Gasteiger partial charge in [-0.25, -0.2) is 9.67 Å². The van der Waals surface area contributed by atoms with Crippen molar-refractivity contribution >= 4 is 5.84 Å². The van der Waals surface area contributed by atoms with E-state index in [4.69, 9.17) is 10.9 Å². The monoisotopic (exact) mass is 266 g/mol. The number of likely N-dealkylation sites (tertiary alicyclic amines) is 1. The fourth-order valence-electron chi connectivity index (χ4n) is 2.53. The summed E-state index contributed by atoms with van der Waals surface area (Å²) >= 11 is 0. The molecule has 3 N–H and O–H groups in total. The molecule has 1 aliphatic rings.